The normalized spacial score (nSPS) is 16.2. The Morgan fingerprint density at radius 3 is 2.94 bits per heavy atom. The highest BCUT2D eigenvalue weighted by Gasteiger charge is 2.24. The number of likely N-dealkylation sites (tertiary alicyclic amines) is 1. The number of fused-ring (bicyclic) bond motifs is 1. The fourth-order valence-corrected chi connectivity index (χ4v) is 2.98. The number of aryl methyl sites for hydroxylation is 1. The summed E-state index contributed by atoms with van der Waals surface area (Å²) in [5, 5.41) is 1.96. The van der Waals surface area contributed by atoms with Crippen LogP contribution < -0.4 is 0 Å². The van der Waals surface area contributed by atoms with E-state index in [1.165, 1.54) is 0 Å². The fourth-order valence-electron chi connectivity index (χ4n) is 2.22. The molecule has 5 heteroatoms. The van der Waals surface area contributed by atoms with Crippen LogP contribution in [0.4, 0.5) is 0 Å². The maximum Gasteiger partial charge on any atom is 0.272 e. The molecule has 3 heterocycles. The lowest BCUT2D eigenvalue weighted by Gasteiger charge is -2.14. The zero-order valence-electron chi connectivity index (χ0n) is 9.14. The summed E-state index contributed by atoms with van der Waals surface area (Å²) in [5.41, 5.74) is 1.57. The van der Waals surface area contributed by atoms with Gasteiger partial charge in [0.1, 0.15) is 5.69 Å². The number of amides is 1. The predicted octanol–water partition coefficient (Wildman–Crippen LogP) is 1.94. The van der Waals surface area contributed by atoms with Crippen LogP contribution in [0.5, 0.6) is 0 Å². The van der Waals surface area contributed by atoms with Gasteiger partial charge in [0.05, 0.1) is 5.69 Å². The van der Waals surface area contributed by atoms with Gasteiger partial charge in [-0.2, -0.15) is 0 Å². The number of nitrogens with zero attached hydrogens (tertiary/aromatic N) is 3. The van der Waals surface area contributed by atoms with Crippen LogP contribution in [0.1, 0.15) is 29.0 Å². The first-order valence-electron chi connectivity index (χ1n) is 5.49. The highest BCUT2D eigenvalue weighted by Crippen LogP contribution is 2.20. The van der Waals surface area contributed by atoms with Gasteiger partial charge in [0.15, 0.2) is 4.96 Å². The van der Waals surface area contributed by atoms with Crippen molar-refractivity contribution in [3.05, 3.63) is 23.0 Å². The Kier molecular flexibility index (Phi) is 2.21. The summed E-state index contributed by atoms with van der Waals surface area (Å²) < 4.78 is 1.90. The van der Waals surface area contributed by atoms with Crippen LogP contribution in [0.3, 0.4) is 0 Å². The van der Waals surface area contributed by atoms with Crippen molar-refractivity contribution in [3.63, 3.8) is 0 Å². The molecule has 0 atom stereocenters. The number of hydrogen-bond donors (Lipinski definition) is 0. The minimum atomic E-state index is 0.126. The summed E-state index contributed by atoms with van der Waals surface area (Å²) in [6.07, 6.45) is 4.16. The van der Waals surface area contributed by atoms with Crippen molar-refractivity contribution in [1.29, 1.82) is 0 Å². The van der Waals surface area contributed by atoms with Crippen LogP contribution in [-0.2, 0) is 0 Å². The molecule has 1 saturated heterocycles. The number of aromatic nitrogens is 2. The first kappa shape index (κ1) is 9.84. The predicted molar refractivity (Wildman–Crippen MR) is 62.9 cm³/mol. The van der Waals surface area contributed by atoms with E-state index in [1.807, 2.05) is 27.8 Å². The molecule has 0 aromatic carbocycles. The minimum Gasteiger partial charge on any atom is -0.337 e. The molecule has 3 rings (SSSR count). The molecule has 16 heavy (non-hydrogen) atoms. The molecule has 0 bridgehead atoms. The van der Waals surface area contributed by atoms with Crippen LogP contribution in [0.15, 0.2) is 11.6 Å². The van der Waals surface area contributed by atoms with Crippen molar-refractivity contribution in [2.24, 2.45) is 0 Å². The van der Waals surface area contributed by atoms with E-state index in [1.54, 1.807) is 11.3 Å². The Balaban J connectivity index is 2.06. The van der Waals surface area contributed by atoms with E-state index in [-0.39, 0.29) is 5.91 Å². The van der Waals surface area contributed by atoms with Crippen LogP contribution in [-0.4, -0.2) is 33.3 Å². The molecule has 1 fully saturated rings. The van der Waals surface area contributed by atoms with E-state index < -0.39 is 0 Å². The van der Waals surface area contributed by atoms with Gasteiger partial charge in [-0.1, -0.05) is 0 Å². The molecule has 1 amide bonds. The third-order valence-corrected chi connectivity index (χ3v) is 3.79. The van der Waals surface area contributed by atoms with E-state index in [2.05, 4.69) is 4.98 Å². The van der Waals surface area contributed by atoms with Crippen LogP contribution in [0.2, 0.25) is 0 Å². The summed E-state index contributed by atoms with van der Waals surface area (Å²) in [5.74, 6) is 0.126. The first-order chi connectivity index (χ1) is 7.77. The van der Waals surface area contributed by atoms with Gasteiger partial charge in [-0.05, 0) is 19.8 Å². The molecule has 84 valence electrons. The SMILES string of the molecule is Cc1nc2sccn2c1C(=O)N1CCCC1. The summed E-state index contributed by atoms with van der Waals surface area (Å²) in [6, 6.07) is 0. The first-order valence-corrected chi connectivity index (χ1v) is 6.37. The topological polar surface area (TPSA) is 37.6 Å². The monoisotopic (exact) mass is 235 g/mol. The van der Waals surface area contributed by atoms with Crippen LogP contribution >= 0.6 is 11.3 Å². The third kappa shape index (κ3) is 1.35. The van der Waals surface area contributed by atoms with Gasteiger partial charge in [0.25, 0.3) is 5.91 Å². The maximum atomic E-state index is 12.3. The molecule has 0 aliphatic carbocycles. The van der Waals surface area contributed by atoms with Crippen LogP contribution in [0.25, 0.3) is 4.96 Å². The molecular formula is C11H13N3OS. The Labute approximate surface area is 97.5 Å². The molecule has 2 aromatic rings. The van der Waals surface area contributed by atoms with Crippen molar-refractivity contribution in [3.8, 4) is 0 Å². The molecule has 0 unspecified atom stereocenters. The smallest absolute Gasteiger partial charge is 0.272 e. The number of carbonyl (C=O) groups excluding carboxylic acids is 1. The molecule has 2 aromatic heterocycles. The number of rotatable bonds is 1. The number of carbonyl (C=O) groups is 1. The lowest BCUT2D eigenvalue weighted by Crippen LogP contribution is -2.29. The third-order valence-electron chi connectivity index (χ3n) is 3.03. The van der Waals surface area contributed by atoms with Gasteiger partial charge in [0, 0.05) is 24.7 Å². The molecule has 4 nitrogen and oxygen atoms in total. The van der Waals surface area contributed by atoms with E-state index in [4.69, 9.17) is 0 Å². The Bertz CT molecular complexity index is 536. The lowest BCUT2D eigenvalue weighted by atomic mass is 10.3. The number of thiazole rings is 1. The van der Waals surface area contributed by atoms with Crippen LogP contribution in [0, 0.1) is 6.92 Å². The summed E-state index contributed by atoms with van der Waals surface area (Å²) in [6.45, 7) is 3.67. The van der Waals surface area contributed by atoms with E-state index in [9.17, 15) is 4.79 Å². The van der Waals surface area contributed by atoms with E-state index >= 15 is 0 Å². The molecule has 1 aliphatic rings. The second-order valence-electron chi connectivity index (χ2n) is 4.10. The summed E-state index contributed by atoms with van der Waals surface area (Å²) in [7, 11) is 0. The molecule has 0 radical (unpaired) electrons. The van der Waals surface area contributed by atoms with Crippen molar-refractivity contribution in [2.45, 2.75) is 19.8 Å². The van der Waals surface area contributed by atoms with Crippen molar-refractivity contribution >= 4 is 22.2 Å². The van der Waals surface area contributed by atoms with Gasteiger partial charge >= 0.3 is 0 Å². The average molecular weight is 235 g/mol. The lowest BCUT2D eigenvalue weighted by molar-refractivity contribution is 0.0785. The zero-order valence-corrected chi connectivity index (χ0v) is 9.96. The summed E-state index contributed by atoms with van der Waals surface area (Å²) >= 11 is 1.56. The molecule has 0 N–H and O–H groups in total. The fraction of sp³-hybridized carbons (Fsp3) is 0.455. The molecule has 0 saturated carbocycles. The highest BCUT2D eigenvalue weighted by atomic mass is 32.1. The van der Waals surface area contributed by atoms with E-state index in [0.717, 1.165) is 42.3 Å². The Morgan fingerprint density at radius 1 is 1.44 bits per heavy atom. The van der Waals surface area contributed by atoms with Gasteiger partial charge in [-0.3, -0.25) is 9.20 Å². The highest BCUT2D eigenvalue weighted by molar-refractivity contribution is 7.15. The average Bonchev–Trinajstić information content (AvgIpc) is 2.89. The molecule has 0 spiro atoms. The minimum absolute atomic E-state index is 0.126. The van der Waals surface area contributed by atoms with E-state index in [0.29, 0.717) is 0 Å². The van der Waals surface area contributed by atoms with Crippen molar-refractivity contribution in [1.82, 2.24) is 14.3 Å². The Hall–Kier alpha value is -1.36. The maximum absolute atomic E-state index is 12.3. The van der Waals surface area contributed by atoms with Crippen molar-refractivity contribution in [2.75, 3.05) is 13.1 Å². The Morgan fingerprint density at radius 2 is 2.19 bits per heavy atom. The van der Waals surface area contributed by atoms with Gasteiger partial charge < -0.3 is 4.90 Å². The number of hydrogen-bond acceptors (Lipinski definition) is 3. The van der Waals surface area contributed by atoms with Gasteiger partial charge in [-0.25, -0.2) is 4.98 Å². The zero-order chi connectivity index (χ0) is 11.1. The second kappa shape index (κ2) is 3.59. The molecule has 1 aliphatic heterocycles. The quantitative estimate of drug-likeness (QED) is 0.757. The van der Waals surface area contributed by atoms with Crippen molar-refractivity contribution < 1.29 is 4.79 Å². The van der Waals surface area contributed by atoms with Gasteiger partial charge in [0.2, 0.25) is 0 Å². The second-order valence-corrected chi connectivity index (χ2v) is 4.97. The number of imidazole rings is 1. The molecular weight excluding hydrogens is 222 g/mol. The standard InChI is InChI=1S/C11H13N3OS/c1-8-9(10(15)13-4-2-3-5-13)14-6-7-16-11(14)12-8/h6-7H,2-5H2,1H3. The van der Waals surface area contributed by atoms with Gasteiger partial charge in [-0.15, -0.1) is 11.3 Å². The summed E-state index contributed by atoms with van der Waals surface area (Å²) in [4.78, 5) is 19.5. The largest absolute Gasteiger partial charge is 0.337 e.